The van der Waals surface area contributed by atoms with Crippen LogP contribution in [-0.4, -0.2) is 11.1 Å². The number of hydrogen-bond donors (Lipinski definition) is 1. The predicted octanol–water partition coefficient (Wildman–Crippen LogP) is 8.03. The van der Waals surface area contributed by atoms with Gasteiger partial charge in [0.25, 0.3) is 0 Å². The van der Waals surface area contributed by atoms with Gasteiger partial charge in [-0.3, -0.25) is 4.79 Å². The highest BCUT2D eigenvalue weighted by atomic mass is 19.4. The second-order valence-electron chi connectivity index (χ2n) is 8.53. The van der Waals surface area contributed by atoms with Crippen LogP contribution in [0.15, 0.2) is 66.7 Å². The molecule has 0 heterocycles. The Balaban J connectivity index is 1.81. The topological polar surface area (TPSA) is 37.3 Å². The van der Waals surface area contributed by atoms with Gasteiger partial charge >= 0.3 is 18.3 Å². The molecule has 8 heteroatoms. The molecule has 1 atom stereocenters. The van der Waals surface area contributed by atoms with Crippen molar-refractivity contribution in [3.8, 4) is 22.3 Å². The fourth-order valence-corrected chi connectivity index (χ4v) is 4.01. The van der Waals surface area contributed by atoms with E-state index in [9.17, 15) is 36.2 Å². The molecule has 1 aliphatic carbocycles. The number of benzene rings is 3. The molecule has 1 N–H and O–H groups in total. The van der Waals surface area contributed by atoms with E-state index in [1.54, 1.807) is 18.2 Å². The highest BCUT2D eigenvalue weighted by Crippen LogP contribution is 2.42. The van der Waals surface area contributed by atoms with Crippen LogP contribution in [0, 0.1) is 5.92 Å². The number of hydrogen-bond acceptors (Lipinski definition) is 1. The summed E-state index contributed by atoms with van der Waals surface area (Å²) in [5, 5.41) is 9.75. The number of carboxylic acids is 1. The van der Waals surface area contributed by atoms with Gasteiger partial charge < -0.3 is 5.11 Å². The third-order valence-electron chi connectivity index (χ3n) is 6.06. The Morgan fingerprint density at radius 3 is 1.65 bits per heavy atom. The van der Waals surface area contributed by atoms with Crippen LogP contribution in [-0.2, 0) is 17.1 Å². The largest absolute Gasteiger partial charge is 0.481 e. The molecule has 0 aromatic heterocycles. The van der Waals surface area contributed by atoms with Crippen molar-refractivity contribution in [2.75, 3.05) is 0 Å². The first-order valence-corrected chi connectivity index (χ1v) is 10.7. The highest BCUT2D eigenvalue weighted by Gasteiger charge is 2.32. The molecule has 0 saturated heterocycles. The lowest BCUT2D eigenvalue weighted by molar-refractivity contribution is -0.139. The summed E-state index contributed by atoms with van der Waals surface area (Å²) in [5.41, 5.74) is 0.634. The van der Waals surface area contributed by atoms with Crippen LogP contribution in [0.25, 0.3) is 22.3 Å². The standard InChI is InChI=1S/C26H20F6O2/c27-25(28,29)19-8-3-16(4-9-19)21-12-7-18(23(24(33)34)13-15-1-2-15)14-22(21)17-5-10-20(11-6-17)26(30,31)32/h3-12,14-15,23H,1-2,13H2,(H,33,34). The van der Waals surface area contributed by atoms with Crippen molar-refractivity contribution in [1.29, 1.82) is 0 Å². The fraction of sp³-hybridized carbons (Fsp3) is 0.269. The molecule has 1 saturated carbocycles. The van der Waals surface area contributed by atoms with Crippen LogP contribution < -0.4 is 0 Å². The Hall–Kier alpha value is -3.29. The SMILES string of the molecule is O=C(O)C(CC1CC1)c1ccc(-c2ccc(C(F)(F)F)cc2)c(-c2ccc(C(F)(F)F)cc2)c1. The van der Waals surface area contributed by atoms with Crippen LogP contribution in [0.4, 0.5) is 26.3 Å². The van der Waals surface area contributed by atoms with Gasteiger partial charge in [0.15, 0.2) is 0 Å². The Labute approximate surface area is 191 Å². The summed E-state index contributed by atoms with van der Waals surface area (Å²) in [5.74, 6) is -1.44. The number of alkyl halides is 6. The van der Waals surface area contributed by atoms with Gasteiger partial charge in [0.1, 0.15) is 0 Å². The van der Waals surface area contributed by atoms with Crippen molar-refractivity contribution in [2.45, 2.75) is 37.5 Å². The van der Waals surface area contributed by atoms with Crippen LogP contribution >= 0.6 is 0 Å². The molecule has 0 radical (unpaired) electrons. The van der Waals surface area contributed by atoms with E-state index < -0.39 is 35.4 Å². The van der Waals surface area contributed by atoms with Gasteiger partial charge in [-0.15, -0.1) is 0 Å². The van der Waals surface area contributed by atoms with Crippen molar-refractivity contribution in [2.24, 2.45) is 5.92 Å². The molecule has 2 nitrogen and oxygen atoms in total. The normalized spacial score (nSPS) is 15.2. The minimum atomic E-state index is -4.52. The first-order valence-electron chi connectivity index (χ1n) is 10.7. The van der Waals surface area contributed by atoms with Gasteiger partial charge in [-0.25, -0.2) is 0 Å². The van der Waals surface area contributed by atoms with E-state index in [1.807, 2.05) is 0 Å². The number of halogens is 6. The summed E-state index contributed by atoms with van der Waals surface area (Å²) in [6.07, 6.45) is -6.65. The van der Waals surface area contributed by atoms with Gasteiger partial charge in [0, 0.05) is 0 Å². The second kappa shape index (κ2) is 8.81. The number of aliphatic carboxylic acids is 1. The quantitative estimate of drug-likeness (QED) is 0.364. The van der Waals surface area contributed by atoms with Crippen LogP contribution in [0.1, 0.15) is 41.9 Å². The number of carbonyl (C=O) groups is 1. The number of carboxylic acid groups (broad SMARTS) is 1. The van der Waals surface area contributed by atoms with Crippen molar-refractivity contribution in [3.05, 3.63) is 83.4 Å². The maximum absolute atomic E-state index is 13.0. The van der Waals surface area contributed by atoms with Crippen LogP contribution in [0.2, 0.25) is 0 Å². The third-order valence-corrected chi connectivity index (χ3v) is 6.06. The van der Waals surface area contributed by atoms with E-state index in [2.05, 4.69) is 0 Å². The predicted molar refractivity (Wildman–Crippen MR) is 115 cm³/mol. The van der Waals surface area contributed by atoms with Gasteiger partial charge in [-0.05, 0) is 70.5 Å². The van der Waals surface area contributed by atoms with Gasteiger partial charge in [0.05, 0.1) is 17.0 Å². The minimum absolute atomic E-state index is 0.324. The summed E-state index contributed by atoms with van der Waals surface area (Å²) >= 11 is 0. The van der Waals surface area contributed by atoms with E-state index in [-0.39, 0.29) is 0 Å². The molecular weight excluding hydrogens is 458 g/mol. The van der Waals surface area contributed by atoms with E-state index in [0.717, 1.165) is 37.1 Å². The zero-order valence-electron chi connectivity index (χ0n) is 17.8. The zero-order valence-corrected chi connectivity index (χ0v) is 17.8. The zero-order chi connectivity index (χ0) is 24.7. The maximum Gasteiger partial charge on any atom is 0.416 e. The minimum Gasteiger partial charge on any atom is -0.481 e. The molecular formula is C26H20F6O2. The maximum atomic E-state index is 13.0. The monoisotopic (exact) mass is 478 g/mol. The molecule has 3 aromatic carbocycles. The van der Waals surface area contributed by atoms with Gasteiger partial charge in [-0.2, -0.15) is 26.3 Å². The summed E-state index contributed by atoms with van der Waals surface area (Å²) in [4.78, 5) is 11.9. The molecule has 0 amide bonds. The summed E-state index contributed by atoms with van der Waals surface area (Å²) in [6, 6.07) is 13.8. The Bertz CT molecular complexity index is 1170. The molecule has 1 aliphatic rings. The lowest BCUT2D eigenvalue weighted by Gasteiger charge is -2.18. The molecule has 3 aromatic rings. The molecule has 34 heavy (non-hydrogen) atoms. The first kappa shape index (κ1) is 23.9. The van der Waals surface area contributed by atoms with E-state index in [1.165, 1.54) is 24.3 Å². The lowest BCUT2D eigenvalue weighted by atomic mass is 9.87. The van der Waals surface area contributed by atoms with E-state index in [4.69, 9.17) is 0 Å². The van der Waals surface area contributed by atoms with Gasteiger partial charge in [-0.1, -0.05) is 49.2 Å². The lowest BCUT2D eigenvalue weighted by Crippen LogP contribution is -2.12. The molecule has 0 bridgehead atoms. The fourth-order valence-electron chi connectivity index (χ4n) is 4.01. The summed E-state index contributed by atoms with van der Waals surface area (Å²) < 4.78 is 78.0. The van der Waals surface area contributed by atoms with Crippen LogP contribution in [0.3, 0.4) is 0 Å². The average Bonchev–Trinajstić information content (AvgIpc) is 3.60. The van der Waals surface area contributed by atoms with Crippen molar-refractivity contribution < 1.29 is 36.2 Å². The molecule has 1 unspecified atom stereocenters. The van der Waals surface area contributed by atoms with Crippen molar-refractivity contribution >= 4 is 5.97 Å². The smallest absolute Gasteiger partial charge is 0.416 e. The summed E-state index contributed by atoms with van der Waals surface area (Å²) in [7, 11) is 0. The molecule has 0 aliphatic heterocycles. The molecule has 4 rings (SSSR count). The Morgan fingerprint density at radius 1 is 0.765 bits per heavy atom. The van der Waals surface area contributed by atoms with Crippen LogP contribution in [0.5, 0.6) is 0 Å². The summed E-state index contributed by atoms with van der Waals surface area (Å²) in [6.45, 7) is 0. The first-order chi connectivity index (χ1) is 15.9. The van der Waals surface area contributed by atoms with Crippen molar-refractivity contribution in [3.63, 3.8) is 0 Å². The Kier molecular flexibility index (Phi) is 6.18. The van der Waals surface area contributed by atoms with E-state index >= 15 is 0 Å². The highest BCUT2D eigenvalue weighted by molar-refractivity contribution is 5.86. The number of rotatable bonds is 6. The average molecular weight is 478 g/mol. The van der Waals surface area contributed by atoms with E-state index in [0.29, 0.717) is 40.2 Å². The third kappa shape index (κ3) is 5.26. The van der Waals surface area contributed by atoms with Crippen molar-refractivity contribution in [1.82, 2.24) is 0 Å². The molecule has 0 spiro atoms. The second-order valence-corrected chi connectivity index (χ2v) is 8.53. The van der Waals surface area contributed by atoms with Gasteiger partial charge in [0.2, 0.25) is 0 Å². The molecule has 178 valence electrons. The Morgan fingerprint density at radius 2 is 1.24 bits per heavy atom. The molecule has 1 fully saturated rings.